The van der Waals surface area contributed by atoms with Crippen LogP contribution >= 0.6 is 23.5 Å². The van der Waals surface area contributed by atoms with Gasteiger partial charge in [0.05, 0.1) is 0 Å². The molecule has 17 heavy (non-hydrogen) atoms. The van der Waals surface area contributed by atoms with E-state index in [1.54, 1.807) is 0 Å². The molecular formula is C14H21NS2. The van der Waals surface area contributed by atoms with Gasteiger partial charge < -0.3 is 5.32 Å². The second-order valence-corrected chi connectivity index (χ2v) is 6.77. The largest absolute Gasteiger partial charge is 0.312 e. The van der Waals surface area contributed by atoms with Gasteiger partial charge in [-0.05, 0) is 30.7 Å². The van der Waals surface area contributed by atoms with E-state index in [2.05, 4.69) is 42.8 Å². The predicted octanol–water partition coefficient (Wildman–Crippen LogP) is 3.43. The number of hydrogen-bond donors (Lipinski definition) is 1. The molecule has 0 saturated carbocycles. The Hall–Kier alpha value is -0.120. The van der Waals surface area contributed by atoms with Gasteiger partial charge in [0.1, 0.15) is 0 Å². The third kappa shape index (κ3) is 3.67. The zero-order chi connectivity index (χ0) is 12.1. The van der Waals surface area contributed by atoms with Crippen LogP contribution in [0.4, 0.5) is 0 Å². The van der Waals surface area contributed by atoms with E-state index in [9.17, 15) is 0 Å². The summed E-state index contributed by atoms with van der Waals surface area (Å²) in [5.74, 6) is 1.22. The Morgan fingerprint density at radius 1 is 1.47 bits per heavy atom. The first-order chi connectivity index (χ1) is 8.33. The lowest BCUT2D eigenvalue weighted by atomic mass is 10.1. The first-order valence-electron chi connectivity index (χ1n) is 6.30. The molecule has 1 aromatic rings. The SMILES string of the molecule is CCC(CSC)NCC1Cc2ccccc2S1. The highest BCUT2D eigenvalue weighted by Crippen LogP contribution is 2.36. The van der Waals surface area contributed by atoms with Gasteiger partial charge >= 0.3 is 0 Å². The van der Waals surface area contributed by atoms with Crippen LogP contribution in [-0.4, -0.2) is 29.8 Å². The Labute approximate surface area is 113 Å². The third-order valence-electron chi connectivity index (χ3n) is 3.21. The summed E-state index contributed by atoms with van der Waals surface area (Å²) in [5, 5.41) is 4.43. The summed E-state index contributed by atoms with van der Waals surface area (Å²) in [5.41, 5.74) is 1.53. The number of rotatable bonds is 6. The molecule has 3 heteroatoms. The monoisotopic (exact) mass is 267 g/mol. The Morgan fingerprint density at radius 3 is 3.00 bits per heavy atom. The molecular weight excluding hydrogens is 246 g/mol. The number of nitrogens with one attached hydrogen (secondary N) is 1. The molecule has 0 saturated heterocycles. The highest BCUT2D eigenvalue weighted by Gasteiger charge is 2.21. The highest BCUT2D eigenvalue weighted by molar-refractivity contribution is 8.00. The maximum absolute atomic E-state index is 3.71. The summed E-state index contributed by atoms with van der Waals surface area (Å²) in [7, 11) is 0. The van der Waals surface area contributed by atoms with Gasteiger partial charge in [-0.2, -0.15) is 11.8 Å². The van der Waals surface area contributed by atoms with Gasteiger partial charge in [-0.25, -0.2) is 0 Å². The highest BCUT2D eigenvalue weighted by atomic mass is 32.2. The van der Waals surface area contributed by atoms with Crippen LogP contribution < -0.4 is 5.32 Å². The topological polar surface area (TPSA) is 12.0 Å². The van der Waals surface area contributed by atoms with Crippen molar-refractivity contribution in [3.63, 3.8) is 0 Å². The van der Waals surface area contributed by atoms with Crippen molar-refractivity contribution in [2.75, 3.05) is 18.6 Å². The van der Waals surface area contributed by atoms with Gasteiger partial charge in [0.25, 0.3) is 0 Å². The Kier molecular flexibility index (Phi) is 5.26. The Bertz CT molecular complexity index is 329. The van der Waals surface area contributed by atoms with Crippen LogP contribution in [0.1, 0.15) is 18.9 Å². The Balaban J connectivity index is 1.79. The quantitative estimate of drug-likeness (QED) is 0.848. The fourth-order valence-electron chi connectivity index (χ4n) is 2.19. The van der Waals surface area contributed by atoms with E-state index in [-0.39, 0.29) is 0 Å². The Morgan fingerprint density at radius 2 is 2.29 bits per heavy atom. The van der Waals surface area contributed by atoms with Gasteiger partial charge in [-0.1, -0.05) is 25.1 Å². The number of fused-ring (bicyclic) bond motifs is 1. The molecule has 1 heterocycles. The van der Waals surface area contributed by atoms with Gasteiger partial charge in [0.15, 0.2) is 0 Å². The molecule has 0 spiro atoms. The minimum atomic E-state index is 0.675. The normalized spacial score (nSPS) is 20.2. The van der Waals surface area contributed by atoms with E-state index in [4.69, 9.17) is 0 Å². The first kappa shape index (κ1) is 13.3. The molecule has 2 unspecified atom stereocenters. The second-order valence-electron chi connectivity index (χ2n) is 4.52. The zero-order valence-corrected chi connectivity index (χ0v) is 12.2. The fourth-order valence-corrected chi connectivity index (χ4v) is 4.21. The van der Waals surface area contributed by atoms with Crippen molar-refractivity contribution >= 4 is 23.5 Å². The van der Waals surface area contributed by atoms with Crippen molar-refractivity contribution in [3.8, 4) is 0 Å². The van der Waals surface area contributed by atoms with Crippen LogP contribution in [0.25, 0.3) is 0 Å². The number of thioether (sulfide) groups is 2. The number of hydrogen-bond acceptors (Lipinski definition) is 3. The van der Waals surface area contributed by atoms with Gasteiger partial charge in [-0.3, -0.25) is 0 Å². The van der Waals surface area contributed by atoms with Crippen LogP contribution in [0.3, 0.4) is 0 Å². The van der Waals surface area contributed by atoms with Crippen molar-refractivity contribution in [1.29, 1.82) is 0 Å². The van der Waals surface area contributed by atoms with Crippen LogP contribution in [0.15, 0.2) is 29.2 Å². The molecule has 1 N–H and O–H groups in total. The zero-order valence-electron chi connectivity index (χ0n) is 10.6. The molecule has 2 atom stereocenters. The minimum Gasteiger partial charge on any atom is -0.312 e. The van der Waals surface area contributed by atoms with Crippen molar-refractivity contribution in [1.82, 2.24) is 5.32 Å². The lowest BCUT2D eigenvalue weighted by Gasteiger charge is -2.18. The van der Waals surface area contributed by atoms with Crippen molar-refractivity contribution < 1.29 is 0 Å². The van der Waals surface area contributed by atoms with Gasteiger partial charge in [0.2, 0.25) is 0 Å². The summed E-state index contributed by atoms with van der Waals surface area (Å²) in [4.78, 5) is 1.48. The van der Waals surface area contributed by atoms with E-state index in [1.807, 2.05) is 23.5 Å². The molecule has 2 rings (SSSR count). The lowest BCUT2D eigenvalue weighted by molar-refractivity contribution is 0.537. The average molecular weight is 267 g/mol. The molecule has 0 aromatic heterocycles. The van der Waals surface area contributed by atoms with Crippen LogP contribution in [0.2, 0.25) is 0 Å². The number of benzene rings is 1. The molecule has 0 fully saturated rings. The summed E-state index contributed by atoms with van der Waals surface area (Å²) in [6.07, 6.45) is 4.64. The van der Waals surface area contributed by atoms with Crippen molar-refractivity contribution in [2.24, 2.45) is 0 Å². The molecule has 94 valence electrons. The van der Waals surface area contributed by atoms with E-state index in [0.29, 0.717) is 6.04 Å². The van der Waals surface area contributed by atoms with Gasteiger partial charge in [0, 0.05) is 28.5 Å². The molecule has 0 amide bonds. The predicted molar refractivity (Wildman–Crippen MR) is 80.3 cm³/mol. The van der Waals surface area contributed by atoms with Crippen molar-refractivity contribution in [2.45, 2.75) is 36.0 Å². The molecule has 1 aliphatic heterocycles. The third-order valence-corrected chi connectivity index (χ3v) is 5.26. The summed E-state index contributed by atoms with van der Waals surface area (Å²) in [6, 6.07) is 9.48. The molecule has 0 radical (unpaired) electrons. The van der Waals surface area contributed by atoms with Gasteiger partial charge in [-0.15, -0.1) is 11.8 Å². The van der Waals surface area contributed by atoms with Crippen LogP contribution in [-0.2, 0) is 6.42 Å². The molecule has 0 bridgehead atoms. The first-order valence-corrected chi connectivity index (χ1v) is 8.57. The summed E-state index contributed by atoms with van der Waals surface area (Å²) >= 11 is 3.97. The second kappa shape index (κ2) is 6.72. The molecule has 1 nitrogen and oxygen atoms in total. The summed E-state index contributed by atoms with van der Waals surface area (Å²) < 4.78 is 0. The van der Waals surface area contributed by atoms with E-state index >= 15 is 0 Å². The van der Waals surface area contributed by atoms with E-state index in [0.717, 1.165) is 11.8 Å². The van der Waals surface area contributed by atoms with Crippen LogP contribution in [0, 0.1) is 0 Å². The van der Waals surface area contributed by atoms with E-state index < -0.39 is 0 Å². The molecule has 0 aliphatic carbocycles. The standard InChI is InChI=1S/C14H21NS2/c1-3-12(10-16-2)15-9-13-8-11-6-4-5-7-14(11)17-13/h4-7,12-13,15H,3,8-10H2,1-2H3. The lowest BCUT2D eigenvalue weighted by Crippen LogP contribution is -2.35. The maximum Gasteiger partial charge on any atom is 0.0260 e. The van der Waals surface area contributed by atoms with Crippen LogP contribution in [0.5, 0.6) is 0 Å². The fraction of sp³-hybridized carbons (Fsp3) is 0.571. The smallest absolute Gasteiger partial charge is 0.0260 e. The molecule has 1 aliphatic rings. The minimum absolute atomic E-state index is 0.675. The molecule has 1 aromatic carbocycles. The average Bonchev–Trinajstić information content (AvgIpc) is 2.77. The van der Waals surface area contributed by atoms with E-state index in [1.165, 1.54) is 29.1 Å². The van der Waals surface area contributed by atoms with Crippen molar-refractivity contribution in [3.05, 3.63) is 29.8 Å². The summed E-state index contributed by atoms with van der Waals surface area (Å²) in [6.45, 7) is 3.41. The maximum atomic E-state index is 3.71.